The molecule has 2 aromatic rings. The molecular weight excluding hydrogens is 432 g/mol. The normalized spacial score (nSPS) is 13.1. The Morgan fingerprint density at radius 2 is 1.78 bits per heavy atom. The Bertz CT molecular complexity index is 1080. The third kappa shape index (κ3) is 5.20. The minimum atomic E-state index is -3.54. The highest BCUT2D eigenvalue weighted by Crippen LogP contribution is 2.30. The molecule has 0 saturated heterocycles. The zero-order chi connectivity index (χ0) is 23.3. The van der Waals surface area contributed by atoms with E-state index in [1.165, 1.54) is 4.31 Å². The van der Waals surface area contributed by atoms with E-state index in [4.69, 9.17) is 4.74 Å². The van der Waals surface area contributed by atoms with Crippen molar-refractivity contribution >= 4 is 33.3 Å². The fourth-order valence-electron chi connectivity index (χ4n) is 3.66. The summed E-state index contributed by atoms with van der Waals surface area (Å²) < 4.78 is 32.0. The van der Waals surface area contributed by atoms with Crippen LogP contribution in [0.25, 0.3) is 0 Å². The van der Waals surface area contributed by atoms with Gasteiger partial charge in [0, 0.05) is 31.0 Å². The van der Waals surface area contributed by atoms with E-state index in [9.17, 15) is 18.0 Å². The van der Waals surface area contributed by atoms with Gasteiger partial charge in [-0.15, -0.1) is 0 Å². The number of methoxy groups -OCH3 is 1. The topological polar surface area (TPSA) is 108 Å². The van der Waals surface area contributed by atoms with Crippen LogP contribution in [0, 0.1) is 0 Å². The number of amides is 3. The lowest BCUT2D eigenvalue weighted by Crippen LogP contribution is -2.41. The number of carbonyl (C=O) groups excluding carboxylic acids is 2. The van der Waals surface area contributed by atoms with Crippen LogP contribution in [0.15, 0.2) is 47.4 Å². The van der Waals surface area contributed by atoms with E-state index in [2.05, 4.69) is 10.6 Å². The minimum absolute atomic E-state index is 0.00876. The fourth-order valence-corrected chi connectivity index (χ4v) is 5.17. The summed E-state index contributed by atoms with van der Waals surface area (Å²) in [6.07, 6.45) is 0.627. The van der Waals surface area contributed by atoms with Gasteiger partial charge < -0.3 is 15.0 Å². The minimum Gasteiger partial charge on any atom is -0.497 e. The number of imide groups is 1. The van der Waals surface area contributed by atoms with Crippen molar-refractivity contribution in [2.75, 3.05) is 43.5 Å². The molecule has 1 heterocycles. The van der Waals surface area contributed by atoms with Crippen molar-refractivity contribution in [3.63, 3.8) is 0 Å². The van der Waals surface area contributed by atoms with E-state index in [1.807, 2.05) is 4.90 Å². The summed E-state index contributed by atoms with van der Waals surface area (Å²) in [7, 11) is -1.99. The second kappa shape index (κ2) is 10.0. The maximum absolute atomic E-state index is 12.8. The van der Waals surface area contributed by atoms with Gasteiger partial charge in [0.2, 0.25) is 15.9 Å². The van der Waals surface area contributed by atoms with Crippen LogP contribution >= 0.6 is 0 Å². The van der Waals surface area contributed by atoms with Crippen LogP contribution in [0.3, 0.4) is 0 Å². The number of sulfonamides is 1. The van der Waals surface area contributed by atoms with Gasteiger partial charge in [-0.1, -0.05) is 13.8 Å². The van der Waals surface area contributed by atoms with Gasteiger partial charge in [-0.05, 0) is 54.4 Å². The van der Waals surface area contributed by atoms with Gasteiger partial charge in [-0.3, -0.25) is 10.1 Å². The number of carbonyl (C=O) groups is 2. The average molecular weight is 461 g/mol. The smallest absolute Gasteiger partial charge is 0.325 e. The summed E-state index contributed by atoms with van der Waals surface area (Å²) in [4.78, 5) is 26.6. The van der Waals surface area contributed by atoms with Crippen LogP contribution < -0.4 is 20.3 Å². The Kier molecular flexibility index (Phi) is 7.37. The van der Waals surface area contributed by atoms with Crippen molar-refractivity contribution in [2.45, 2.75) is 25.2 Å². The highest BCUT2D eigenvalue weighted by atomic mass is 32.2. The summed E-state index contributed by atoms with van der Waals surface area (Å²) in [5.74, 6) is 0.205. The third-order valence-corrected chi connectivity index (χ3v) is 7.37. The van der Waals surface area contributed by atoms with Crippen molar-refractivity contribution in [1.82, 2.24) is 9.62 Å². The van der Waals surface area contributed by atoms with E-state index >= 15 is 0 Å². The number of urea groups is 1. The molecule has 3 rings (SSSR count). The number of hydrogen-bond donors (Lipinski definition) is 2. The van der Waals surface area contributed by atoms with Crippen LogP contribution in [0.4, 0.5) is 16.2 Å². The number of ether oxygens (including phenoxy) is 1. The fraction of sp³-hybridized carbons (Fsp3) is 0.364. The first kappa shape index (κ1) is 23.6. The number of rotatable bonds is 8. The summed E-state index contributed by atoms with van der Waals surface area (Å²) in [6.45, 7) is 4.98. The summed E-state index contributed by atoms with van der Waals surface area (Å²) in [5.41, 5.74) is 2.20. The molecule has 172 valence electrons. The maximum Gasteiger partial charge on any atom is 0.325 e. The zero-order valence-electron chi connectivity index (χ0n) is 18.4. The first-order valence-corrected chi connectivity index (χ1v) is 11.8. The second-order valence-corrected chi connectivity index (χ2v) is 9.22. The van der Waals surface area contributed by atoms with E-state index in [-0.39, 0.29) is 11.4 Å². The van der Waals surface area contributed by atoms with Crippen LogP contribution in [0.2, 0.25) is 0 Å². The van der Waals surface area contributed by atoms with E-state index in [0.717, 1.165) is 11.3 Å². The zero-order valence-corrected chi connectivity index (χ0v) is 19.2. The lowest BCUT2D eigenvalue weighted by atomic mass is 10.2. The Balaban J connectivity index is 1.61. The highest BCUT2D eigenvalue weighted by Gasteiger charge is 2.27. The molecule has 2 N–H and O–H groups in total. The van der Waals surface area contributed by atoms with E-state index in [0.29, 0.717) is 37.5 Å². The molecule has 0 saturated carbocycles. The van der Waals surface area contributed by atoms with Gasteiger partial charge >= 0.3 is 6.03 Å². The Labute approximate surface area is 188 Å². The molecule has 9 nitrogen and oxygen atoms in total. The molecule has 1 aliphatic rings. The van der Waals surface area contributed by atoms with Crippen LogP contribution in [0.1, 0.15) is 19.4 Å². The summed E-state index contributed by atoms with van der Waals surface area (Å²) in [6, 6.07) is 11.1. The van der Waals surface area contributed by atoms with Crippen molar-refractivity contribution in [1.29, 1.82) is 0 Å². The van der Waals surface area contributed by atoms with Gasteiger partial charge in [-0.25, -0.2) is 13.2 Å². The number of fused-ring (bicyclic) bond motifs is 1. The molecule has 0 unspecified atom stereocenters. The number of hydrogen-bond acceptors (Lipinski definition) is 6. The molecule has 0 radical (unpaired) electrons. The Hall–Kier alpha value is -3.11. The molecule has 0 aliphatic carbocycles. The number of anilines is 2. The molecule has 0 atom stereocenters. The van der Waals surface area contributed by atoms with E-state index in [1.54, 1.807) is 63.4 Å². The SMILES string of the molecule is CCN(CC)S(=O)(=O)c1ccc2c(c1)CCN2CC(=O)NC(=O)Nc1ccc(OC)cc1. The van der Waals surface area contributed by atoms with Gasteiger partial charge in [0.1, 0.15) is 5.75 Å². The Morgan fingerprint density at radius 1 is 1.09 bits per heavy atom. The lowest BCUT2D eigenvalue weighted by molar-refractivity contribution is -0.118. The van der Waals surface area contributed by atoms with Gasteiger partial charge in [0.05, 0.1) is 18.6 Å². The molecule has 10 heteroatoms. The standard InChI is InChI=1S/C22H28N4O5S/c1-4-26(5-2)32(29,30)19-10-11-20-16(14-19)12-13-25(20)15-21(27)24-22(28)23-17-6-8-18(31-3)9-7-17/h6-11,14H,4-5,12-13,15H2,1-3H3,(H2,23,24,27,28). The predicted molar refractivity (Wildman–Crippen MR) is 123 cm³/mol. The first-order chi connectivity index (χ1) is 15.3. The second-order valence-electron chi connectivity index (χ2n) is 7.28. The molecule has 0 bridgehead atoms. The van der Waals surface area contributed by atoms with Crippen LogP contribution in [-0.4, -0.2) is 58.0 Å². The third-order valence-electron chi connectivity index (χ3n) is 5.32. The molecule has 0 spiro atoms. The molecule has 0 aromatic heterocycles. The molecule has 3 amide bonds. The predicted octanol–water partition coefficient (Wildman–Crippen LogP) is 2.44. The lowest BCUT2D eigenvalue weighted by Gasteiger charge is -2.21. The van der Waals surface area contributed by atoms with Crippen molar-refractivity contribution in [3.8, 4) is 5.75 Å². The van der Waals surface area contributed by atoms with Crippen molar-refractivity contribution in [3.05, 3.63) is 48.0 Å². The molecule has 2 aromatic carbocycles. The molecule has 32 heavy (non-hydrogen) atoms. The maximum atomic E-state index is 12.8. The van der Waals surface area contributed by atoms with Crippen LogP contribution in [-0.2, 0) is 21.2 Å². The Morgan fingerprint density at radius 3 is 2.41 bits per heavy atom. The quantitative estimate of drug-likeness (QED) is 0.627. The van der Waals surface area contributed by atoms with Crippen LogP contribution in [0.5, 0.6) is 5.75 Å². The monoisotopic (exact) mass is 460 g/mol. The van der Waals surface area contributed by atoms with Crippen molar-refractivity contribution in [2.24, 2.45) is 0 Å². The first-order valence-electron chi connectivity index (χ1n) is 10.4. The molecule has 1 aliphatic heterocycles. The van der Waals surface area contributed by atoms with Gasteiger partial charge in [-0.2, -0.15) is 4.31 Å². The number of benzene rings is 2. The molecule has 0 fully saturated rings. The summed E-state index contributed by atoms with van der Waals surface area (Å²) in [5, 5.41) is 4.91. The molecular formula is C22H28N4O5S. The number of nitrogens with one attached hydrogen (secondary N) is 2. The van der Waals surface area contributed by atoms with Crippen molar-refractivity contribution < 1.29 is 22.7 Å². The van der Waals surface area contributed by atoms with E-state index < -0.39 is 22.0 Å². The average Bonchev–Trinajstić information content (AvgIpc) is 3.16. The summed E-state index contributed by atoms with van der Waals surface area (Å²) >= 11 is 0. The largest absolute Gasteiger partial charge is 0.497 e. The van der Waals surface area contributed by atoms with Gasteiger partial charge in [0.25, 0.3) is 0 Å². The highest BCUT2D eigenvalue weighted by molar-refractivity contribution is 7.89. The van der Waals surface area contributed by atoms with Gasteiger partial charge in [0.15, 0.2) is 0 Å². The number of nitrogens with zero attached hydrogens (tertiary/aromatic N) is 2.